The van der Waals surface area contributed by atoms with Gasteiger partial charge in [0.25, 0.3) is 5.91 Å². The molecular weight excluding hydrogens is 572 g/mol. The molecule has 1 atom stereocenters. The molecule has 1 saturated carbocycles. The zero-order valence-electron chi connectivity index (χ0n) is 23.6. The van der Waals surface area contributed by atoms with Crippen LogP contribution in [0.3, 0.4) is 0 Å². The molecule has 1 N–H and O–H groups in total. The van der Waals surface area contributed by atoms with Gasteiger partial charge in [-0.25, -0.2) is 4.79 Å². The van der Waals surface area contributed by atoms with Crippen molar-refractivity contribution in [2.75, 3.05) is 16.9 Å². The van der Waals surface area contributed by atoms with Gasteiger partial charge in [0, 0.05) is 16.7 Å². The van der Waals surface area contributed by atoms with E-state index in [1.165, 1.54) is 9.42 Å². The van der Waals surface area contributed by atoms with Gasteiger partial charge in [0.2, 0.25) is 5.65 Å². The first-order chi connectivity index (χ1) is 20.7. The number of hydrogen-bond donors (Lipinski definition) is 1. The molecule has 0 radical (unpaired) electrons. The molecule has 5 aromatic rings. The number of fused-ring (bicyclic) bond motifs is 2. The van der Waals surface area contributed by atoms with E-state index in [9.17, 15) is 14.7 Å². The third-order valence-electron chi connectivity index (χ3n) is 7.93. The van der Waals surface area contributed by atoms with E-state index in [2.05, 4.69) is 10.2 Å². The number of carbonyl (C=O) groups is 2. The number of halogens is 1. The van der Waals surface area contributed by atoms with Crippen LogP contribution in [0.5, 0.6) is 5.75 Å². The minimum Gasteiger partial charge on any atom is -0.497 e. The van der Waals surface area contributed by atoms with E-state index in [0.29, 0.717) is 22.3 Å². The Kier molecular flexibility index (Phi) is 6.31. The minimum absolute atomic E-state index is 0.0227. The van der Waals surface area contributed by atoms with Crippen molar-refractivity contribution in [3.05, 3.63) is 93.5 Å². The molecule has 1 unspecified atom stereocenters. The van der Waals surface area contributed by atoms with E-state index in [1.807, 2.05) is 23.7 Å². The van der Waals surface area contributed by atoms with Crippen LogP contribution in [0.1, 0.15) is 63.6 Å². The van der Waals surface area contributed by atoms with Crippen molar-refractivity contribution in [1.82, 2.24) is 29.6 Å². The standard InChI is InChI=1S/C30H27ClN8O4/c1-16-25-26(19-6-8-20(31)9-7-19)37(29(40)27(25)39(34-16)21-10-11-21)24-14-23(28-33-32-17(2)38(28)35-24)36(30(41)42)15-18-4-12-22(43-3)13-5-18/h4-9,12-14,21,26H,10-11,15H2,1-3H3,(H,41,42). The van der Waals surface area contributed by atoms with Crippen LogP contribution in [0.2, 0.25) is 5.02 Å². The number of carboxylic acid groups (broad SMARTS) is 1. The van der Waals surface area contributed by atoms with Crippen molar-refractivity contribution < 1.29 is 19.4 Å². The fraction of sp³-hybridized carbons (Fsp3) is 0.267. The minimum atomic E-state index is -1.19. The number of ether oxygens (including phenoxy) is 1. The van der Waals surface area contributed by atoms with Gasteiger partial charge in [0.15, 0.2) is 11.6 Å². The zero-order chi connectivity index (χ0) is 30.0. The van der Waals surface area contributed by atoms with Crippen LogP contribution in [-0.4, -0.2) is 53.8 Å². The van der Waals surface area contributed by atoms with Gasteiger partial charge >= 0.3 is 6.09 Å². The third kappa shape index (κ3) is 4.45. The molecule has 12 nitrogen and oxygen atoms in total. The van der Waals surface area contributed by atoms with Crippen LogP contribution >= 0.6 is 11.6 Å². The van der Waals surface area contributed by atoms with Crippen molar-refractivity contribution in [3.8, 4) is 5.75 Å². The summed E-state index contributed by atoms with van der Waals surface area (Å²) < 4.78 is 8.56. The number of hydrogen-bond acceptors (Lipinski definition) is 7. The molecule has 2 aromatic carbocycles. The lowest BCUT2D eigenvalue weighted by atomic mass is 9.99. The number of aromatic nitrogens is 6. The second kappa shape index (κ2) is 10.1. The third-order valence-corrected chi connectivity index (χ3v) is 8.18. The highest BCUT2D eigenvalue weighted by Gasteiger charge is 2.47. The summed E-state index contributed by atoms with van der Waals surface area (Å²) in [7, 11) is 1.57. The average molecular weight is 599 g/mol. The molecule has 43 heavy (non-hydrogen) atoms. The molecule has 13 heteroatoms. The predicted molar refractivity (Wildman–Crippen MR) is 158 cm³/mol. The quantitative estimate of drug-likeness (QED) is 0.265. The maximum atomic E-state index is 14.4. The van der Waals surface area contributed by atoms with Crippen LogP contribution in [0, 0.1) is 13.8 Å². The topological polar surface area (TPSA) is 131 Å². The van der Waals surface area contributed by atoms with Gasteiger partial charge in [-0.15, -0.1) is 15.3 Å². The number of benzene rings is 2. The van der Waals surface area contributed by atoms with Gasteiger partial charge in [-0.05, 0) is 62.1 Å². The van der Waals surface area contributed by atoms with Crippen LogP contribution in [0.15, 0.2) is 54.6 Å². The number of methoxy groups -OCH3 is 1. The Morgan fingerprint density at radius 2 is 1.79 bits per heavy atom. The Labute approximate surface area is 251 Å². The molecule has 0 bridgehead atoms. The highest BCUT2D eigenvalue weighted by molar-refractivity contribution is 6.30. The van der Waals surface area contributed by atoms with Crippen molar-refractivity contribution >= 4 is 40.8 Å². The summed E-state index contributed by atoms with van der Waals surface area (Å²) in [5.41, 5.74) is 4.14. The summed E-state index contributed by atoms with van der Waals surface area (Å²) in [6.07, 6.45) is 0.722. The van der Waals surface area contributed by atoms with E-state index in [-0.39, 0.29) is 35.6 Å². The highest BCUT2D eigenvalue weighted by Crippen LogP contribution is 2.47. The zero-order valence-corrected chi connectivity index (χ0v) is 24.4. The van der Waals surface area contributed by atoms with Gasteiger partial charge in [-0.2, -0.15) is 9.61 Å². The summed E-state index contributed by atoms with van der Waals surface area (Å²) in [4.78, 5) is 29.9. The fourth-order valence-electron chi connectivity index (χ4n) is 5.68. The number of anilines is 2. The Bertz CT molecular complexity index is 1900. The number of aryl methyl sites for hydroxylation is 2. The summed E-state index contributed by atoms with van der Waals surface area (Å²) in [6, 6.07) is 15.7. The molecule has 3 aromatic heterocycles. The first kappa shape index (κ1) is 26.9. The van der Waals surface area contributed by atoms with Crippen LogP contribution in [0.25, 0.3) is 5.65 Å². The SMILES string of the molecule is COc1ccc(CN(C(=O)O)c2cc(N3C(=O)c4c(c(C)nn4C4CC4)C3c3ccc(Cl)cc3)nn3c(C)nnc23)cc1. The van der Waals surface area contributed by atoms with Gasteiger partial charge < -0.3 is 9.84 Å². The number of rotatable bonds is 7. The maximum absolute atomic E-state index is 14.4. The number of carbonyl (C=O) groups excluding carboxylic acids is 1. The van der Waals surface area contributed by atoms with Crippen LogP contribution in [0.4, 0.5) is 16.3 Å². The molecule has 2 aliphatic rings. The molecule has 1 fully saturated rings. The predicted octanol–water partition coefficient (Wildman–Crippen LogP) is 5.37. The van der Waals surface area contributed by atoms with E-state index in [0.717, 1.165) is 35.2 Å². The summed E-state index contributed by atoms with van der Waals surface area (Å²) in [5, 5.41) is 28.9. The Hall–Kier alpha value is -4.97. The summed E-state index contributed by atoms with van der Waals surface area (Å²) >= 11 is 6.23. The molecule has 0 saturated heterocycles. The van der Waals surface area contributed by atoms with Crippen molar-refractivity contribution in [1.29, 1.82) is 0 Å². The molecule has 1 aliphatic heterocycles. The molecule has 4 heterocycles. The molecule has 2 amide bonds. The van der Waals surface area contributed by atoms with Crippen LogP contribution < -0.4 is 14.5 Å². The van der Waals surface area contributed by atoms with E-state index >= 15 is 0 Å². The Morgan fingerprint density at radius 3 is 2.44 bits per heavy atom. The van der Waals surface area contributed by atoms with Crippen LogP contribution in [-0.2, 0) is 6.54 Å². The van der Waals surface area contributed by atoms with E-state index in [1.54, 1.807) is 61.4 Å². The summed E-state index contributed by atoms with van der Waals surface area (Å²) in [6.45, 7) is 3.65. The first-order valence-electron chi connectivity index (χ1n) is 13.8. The highest BCUT2D eigenvalue weighted by atomic mass is 35.5. The van der Waals surface area contributed by atoms with Gasteiger partial charge in [-0.1, -0.05) is 35.9 Å². The second-order valence-electron chi connectivity index (χ2n) is 10.7. The molecular formula is C30H27ClN8O4. The Morgan fingerprint density at radius 1 is 1.07 bits per heavy atom. The first-order valence-corrected chi connectivity index (χ1v) is 14.2. The van der Waals surface area contributed by atoms with Gasteiger partial charge in [0.05, 0.1) is 37.1 Å². The molecule has 218 valence electrons. The fourth-order valence-corrected chi connectivity index (χ4v) is 5.81. The lowest BCUT2D eigenvalue weighted by molar-refractivity contribution is 0.0982. The average Bonchev–Trinajstić information content (AvgIpc) is 3.61. The number of amides is 2. The molecule has 0 spiro atoms. The Balaban J connectivity index is 1.40. The number of nitrogens with zero attached hydrogens (tertiary/aromatic N) is 8. The largest absolute Gasteiger partial charge is 0.497 e. The van der Waals surface area contributed by atoms with Crippen molar-refractivity contribution in [2.24, 2.45) is 0 Å². The normalized spacial score (nSPS) is 16.1. The van der Waals surface area contributed by atoms with Gasteiger partial charge in [-0.3, -0.25) is 19.3 Å². The van der Waals surface area contributed by atoms with E-state index in [4.69, 9.17) is 26.5 Å². The van der Waals surface area contributed by atoms with Crippen molar-refractivity contribution in [3.63, 3.8) is 0 Å². The molecule has 7 rings (SSSR count). The van der Waals surface area contributed by atoms with Crippen molar-refractivity contribution in [2.45, 2.75) is 45.3 Å². The lowest BCUT2D eigenvalue weighted by Crippen LogP contribution is -2.33. The molecule has 1 aliphatic carbocycles. The summed E-state index contributed by atoms with van der Waals surface area (Å²) in [5.74, 6) is 1.10. The van der Waals surface area contributed by atoms with Gasteiger partial charge in [0.1, 0.15) is 11.4 Å². The van der Waals surface area contributed by atoms with E-state index < -0.39 is 12.1 Å². The maximum Gasteiger partial charge on any atom is 0.412 e. The smallest absolute Gasteiger partial charge is 0.412 e. The lowest BCUT2D eigenvalue weighted by Gasteiger charge is -2.27. The second-order valence-corrected chi connectivity index (χ2v) is 11.2. The monoisotopic (exact) mass is 598 g/mol.